The lowest BCUT2D eigenvalue weighted by Crippen LogP contribution is -2.29. The van der Waals surface area contributed by atoms with Crippen LogP contribution in [0.1, 0.15) is 22.7 Å². The highest BCUT2D eigenvalue weighted by Crippen LogP contribution is 2.43. The Morgan fingerprint density at radius 3 is 2.62 bits per heavy atom. The molecule has 120 valence electrons. The fraction of sp³-hybridized carbons (Fsp3) is 0.111. The minimum atomic E-state index is -0.287. The maximum atomic E-state index is 14.4. The van der Waals surface area contributed by atoms with Gasteiger partial charge >= 0.3 is 0 Å². The number of nitrogens with one attached hydrogen (secondary N) is 1. The van der Waals surface area contributed by atoms with Gasteiger partial charge in [-0.25, -0.2) is 4.39 Å². The Hall–Kier alpha value is -2.31. The van der Waals surface area contributed by atoms with Gasteiger partial charge < -0.3 is 10.2 Å². The summed E-state index contributed by atoms with van der Waals surface area (Å²) < 4.78 is 14.4. The average molecular weight is 355 g/mol. The molecule has 1 aromatic carbocycles. The second-order valence-corrected chi connectivity index (χ2v) is 6.83. The maximum absolute atomic E-state index is 14.4. The van der Waals surface area contributed by atoms with Gasteiger partial charge in [-0.1, -0.05) is 24.3 Å². The van der Waals surface area contributed by atoms with Gasteiger partial charge in [0.05, 0.1) is 23.5 Å². The fourth-order valence-corrected chi connectivity index (χ4v) is 4.20. The average Bonchev–Trinajstić information content (AvgIpc) is 3.24. The van der Waals surface area contributed by atoms with Crippen LogP contribution in [0.3, 0.4) is 0 Å². The zero-order valence-electron chi connectivity index (χ0n) is 12.6. The standard InChI is InChI=1S/C18H14FN3S2/c19-12-6-1-2-8-14(12)22-17(15-9-5-11-24-15)16(21-18(22)23)13-7-3-4-10-20-13/h1-11,16-17H,(H,21,23)/t16-,17-/m1/s1. The van der Waals surface area contributed by atoms with E-state index in [1.54, 1.807) is 29.7 Å². The lowest BCUT2D eigenvalue weighted by Gasteiger charge is -2.27. The first-order valence-electron chi connectivity index (χ1n) is 7.54. The Morgan fingerprint density at radius 1 is 1.08 bits per heavy atom. The van der Waals surface area contributed by atoms with Gasteiger partial charge in [0.2, 0.25) is 0 Å². The van der Waals surface area contributed by atoms with Crippen molar-refractivity contribution in [2.75, 3.05) is 4.90 Å². The van der Waals surface area contributed by atoms with E-state index >= 15 is 0 Å². The Bertz CT molecular complexity index is 852. The molecule has 3 nitrogen and oxygen atoms in total. The molecule has 1 N–H and O–H groups in total. The van der Waals surface area contributed by atoms with Crippen molar-refractivity contribution < 1.29 is 4.39 Å². The fourth-order valence-electron chi connectivity index (χ4n) is 3.01. The SMILES string of the molecule is Fc1ccccc1N1C(=S)N[C@H](c2ccccn2)[C@H]1c1cccs1. The van der Waals surface area contributed by atoms with E-state index in [1.165, 1.54) is 6.07 Å². The van der Waals surface area contributed by atoms with Crippen LogP contribution in [0.2, 0.25) is 0 Å². The number of halogens is 1. The lowest BCUT2D eigenvalue weighted by molar-refractivity contribution is 0.565. The number of thiophene rings is 1. The molecule has 2 aromatic heterocycles. The van der Waals surface area contributed by atoms with Gasteiger partial charge in [0.25, 0.3) is 0 Å². The number of nitrogens with zero attached hydrogens (tertiary/aromatic N) is 2. The third-order valence-corrected chi connectivity index (χ3v) is 5.30. The largest absolute Gasteiger partial charge is 0.351 e. The highest BCUT2D eigenvalue weighted by Gasteiger charge is 2.41. The number of aromatic nitrogens is 1. The summed E-state index contributed by atoms with van der Waals surface area (Å²) in [6.45, 7) is 0. The van der Waals surface area contributed by atoms with Crippen molar-refractivity contribution in [3.8, 4) is 0 Å². The van der Waals surface area contributed by atoms with Gasteiger partial charge in [0.15, 0.2) is 5.11 Å². The zero-order valence-corrected chi connectivity index (χ0v) is 14.2. The van der Waals surface area contributed by atoms with E-state index < -0.39 is 0 Å². The number of hydrogen-bond acceptors (Lipinski definition) is 3. The second kappa shape index (κ2) is 6.30. The van der Waals surface area contributed by atoms with E-state index in [9.17, 15) is 4.39 Å². The van der Waals surface area contributed by atoms with Crippen molar-refractivity contribution in [2.45, 2.75) is 12.1 Å². The van der Waals surface area contributed by atoms with E-state index in [2.05, 4.69) is 16.4 Å². The van der Waals surface area contributed by atoms with Crippen LogP contribution in [0.25, 0.3) is 0 Å². The van der Waals surface area contributed by atoms with E-state index in [0.29, 0.717) is 10.8 Å². The Balaban J connectivity index is 1.84. The molecule has 3 heterocycles. The number of rotatable bonds is 3. The number of thiocarbonyl (C=S) groups is 1. The van der Waals surface area contributed by atoms with E-state index in [4.69, 9.17) is 12.2 Å². The number of hydrogen-bond donors (Lipinski definition) is 1. The van der Waals surface area contributed by atoms with Gasteiger partial charge in [-0.15, -0.1) is 11.3 Å². The summed E-state index contributed by atoms with van der Waals surface area (Å²) in [6, 6.07) is 16.3. The number of benzene rings is 1. The molecule has 1 saturated heterocycles. The summed E-state index contributed by atoms with van der Waals surface area (Å²) in [6.07, 6.45) is 1.76. The molecule has 4 rings (SSSR count). The molecule has 0 spiro atoms. The van der Waals surface area contributed by atoms with Crippen molar-refractivity contribution in [2.24, 2.45) is 0 Å². The third-order valence-electron chi connectivity index (χ3n) is 4.04. The molecule has 0 bridgehead atoms. The molecule has 0 aliphatic carbocycles. The predicted octanol–water partition coefficient (Wildman–Crippen LogP) is 4.46. The molecule has 0 unspecified atom stereocenters. The van der Waals surface area contributed by atoms with Crippen LogP contribution in [0.4, 0.5) is 10.1 Å². The van der Waals surface area contributed by atoms with Gasteiger partial charge in [-0.05, 0) is 47.9 Å². The highest BCUT2D eigenvalue weighted by atomic mass is 32.1. The van der Waals surface area contributed by atoms with Crippen LogP contribution in [0.5, 0.6) is 0 Å². The molecule has 2 atom stereocenters. The highest BCUT2D eigenvalue weighted by molar-refractivity contribution is 7.80. The normalized spacial score (nSPS) is 20.2. The van der Waals surface area contributed by atoms with E-state index in [1.807, 2.05) is 40.6 Å². The molecule has 1 fully saturated rings. The maximum Gasteiger partial charge on any atom is 0.174 e. The summed E-state index contributed by atoms with van der Waals surface area (Å²) >= 11 is 7.17. The first-order valence-corrected chi connectivity index (χ1v) is 8.83. The lowest BCUT2D eigenvalue weighted by atomic mass is 10.0. The number of pyridine rings is 1. The van der Waals surface area contributed by atoms with Crippen LogP contribution in [0, 0.1) is 5.82 Å². The number of anilines is 1. The third kappa shape index (κ3) is 2.57. The number of para-hydroxylation sites is 1. The summed E-state index contributed by atoms with van der Waals surface area (Å²) in [5.74, 6) is -0.287. The van der Waals surface area contributed by atoms with Crippen LogP contribution in [0.15, 0.2) is 66.2 Å². The Kier molecular flexibility index (Phi) is 4.00. The molecular formula is C18H14FN3S2. The molecule has 1 aliphatic heterocycles. The molecular weight excluding hydrogens is 341 g/mol. The molecule has 24 heavy (non-hydrogen) atoms. The molecule has 0 radical (unpaired) electrons. The quantitative estimate of drug-likeness (QED) is 0.702. The van der Waals surface area contributed by atoms with Crippen molar-refractivity contribution in [1.29, 1.82) is 0 Å². The second-order valence-electron chi connectivity index (χ2n) is 5.46. The first kappa shape index (κ1) is 15.2. The Labute approximate surface area is 148 Å². The van der Waals surface area contributed by atoms with Gasteiger partial charge in [0, 0.05) is 11.1 Å². The smallest absolute Gasteiger partial charge is 0.174 e. The predicted molar refractivity (Wildman–Crippen MR) is 98.7 cm³/mol. The Morgan fingerprint density at radius 2 is 1.92 bits per heavy atom. The zero-order chi connectivity index (χ0) is 16.5. The first-order chi connectivity index (χ1) is 11.8. The van der Waals surface area contributed by atoms with Gasteiger partial charge in [-0.2, -0.15) is 0 Å². The van der Waals surface area contributed by atoms with Crippen LogP contribution in [-0.2, 0) is 0 Å². The molecule has 1 aliphatic rings. The van der Waals surface area contributed by atoms with Gasteiger partial charge in [-0.3, -0.25) is 4.98 Å². The monoisotopic (exact) mass is 355 g/mol. The van der Waals surface area contributed by atoms with Crippen molar-refractivity contribution in [3.63, 3.8) is 0 Å². The van der Waals surface area contributed by atoms with Crippen LogP contribution in [-0.4, -0.2) is 10.1 Å². The summed E-state index contributed by atoms with van der Waals surface area (Å²) in [4.78, 5) is 7.44. The summed E-state index contributed by atoms with van der Waals surface area (Å²) in [7, 11) is 0. The van der Waals surface area contributed by atoms with Crippen LogP contribution >= 0.6 is 23.6 Å². The van der Waals surface area contributed by atoms with E-state index in [0.717, 1.165) is 10.6 Å². The summed E-state index contributed by atoms with van der Waals surface area (Å²) in [5, 5.41) is 5.85. The van der Waals surface area contributed by atoms with Crippen molar-refractivity contribution in [3.05, 3.63) is 82.6 Å². The van der Waals surface area contributed by atoms with Gasteiger partial charge in [0.1, 0.15) is 5.82 Å². The minimum Gasteiger partial charge on any atom is -0.351 e. The molecule has 0 amide bonds. The van der Waals surface area contributed by atoms with Crippen LogP contribution < -0.4 is 10.2 Å². The molecule has 3 aromatic rings. The van der Waals surface area contributed by atoms with Crippen molar-refractivity contribution >= 4 is 34.4 Å². The molecule has 6 heteroatoms. The van der Waals surface area contributed by atoms with E-state index in [-0.39, 0.29) is 17.9 Å². The minimum absolute atomic E-state index is 0.128. The molecule has 0 saturated carbocycles. The summed E-state index contributed by atoms with van der Waals surface area (Å²) in [5.41, 5.74) is 1.36. The van der Waals surface area contributed by atoms with Crippen molar-refractivity contribution in [1.82, 2.24) is 10.3 Å². The topological polar surface area (TPSA) is 28.2 Å².